The molecule has 0 aliphatic heterocycles. The first kappa shape index (κ1) is 31.7. The molecule has 3 rings (SSSR count). The summed E-state index contributed by atoms with van der Waals surface area (Å²) in [7, 11) is -3.63. The van der Waals surface area contributed by atoms with Crippen molar-refractivity contribution in [1.82, 2.24) is 10.2 Å². The zero-order valence-corrected chi connectivity index (χ0v) is 25.3. The van der Waals surface area contributed by atoms with E-state index >= 15 is 0 Å². The number of anilines is 1. The maximum absolute atomic E-state index is 13.7. The number of nitrogens with one attached hydrogen (secondary N) is 1. The summed E-state index contributed by atoms with van der Waals surface area (Å²) in [6.07, 6.45) is 7.27. The molecule has 0 heterocycles. The third-order valence-corrected chi connectivity index (χ3v) is 8.62. The summed E-state index contributed by atoms with van der Waals surface area (Å²) in [5, 5.41) is 3.77. The summed E-state index contributed by atoms with van der Waals surface area (Å²) >= 11 is 6.07. The second kappa shape index (κ2) is 15.3. The number of para-hydroxylation sites is 2. The van der Waals surface area contributed by atoms with Crippen molar-refractivity contribution >= 4 is 39.1 Å². The minimum absolute atomic E-state index is 0.0869. The van der Waals surface area contributed by atoms with Crippen LogP contribution in [-0.2, 0) is 26.2 Å². The Bertz CT molecular complexity index is 1220. The number of hydrogen-bond acceptors (Lipinski definition) is 5. The summed E-state index contributed by atoms with van der Waals surface area (Å²) in [5.74, 6) is 0.129. The number of halogens is 1. The van der Waals surface area contributed by atoms with Gasteiger partial charge in [0.2, 0.25) is 21.8 Å². The normalized spacial score (nSPS) is 14.8. The second-order valence-corrected chi connectivity index (χ2v) is 12.6. The van der Waals surface area contributed by atoms with Crippen LogP contribution in [0, 0.1) is 0 Å². The number of ether oxygens (including phenoxy) is 1. The van der Waals surface area contributed by atoms with Crippen LogP contribution in [0.15, 0.2) is 48.5 Å². The van der Waals surface area contributed by atoms with Gasteiger partial charge in [-0.2, -0.15) is 0 Å². The average molecular weight is 592 g/mol. The van der Waals surface area contributed by atoms with Crippen molar-refractivity contribution in [3.05, 3.63) is 59.1 Å². The van der Waals surface area contributed by atoms with Crippen LogP contribution in [0.5, 0.6) is 5.75 Å². The standard InChI is InChI=1S/C30H42ClN3O5S/c1-4-26(30(36)32-25-12-7-6-8-13-25)33(22-23-17-19-24(31)20-18-23)29(35)16-11-21-34(40(3,37)38)27-14-9-10-15-28(27)39-5-2/h9-10,14-15,17-20,25-26H,4-8,11-13,16,21-22H2,1-3H3,(H,32,36). The van der Waals surface area contributed by atoms with E-state index in [0.717, 1.165) is 37.5 Å². The lowest BCUT2D eigenvalue weighted by molar-refractivity contribution is -0.141. The van der Waals surface area contributed by atoms with E-state index in [-0.39, 0.29) is 43.8 Å². The van der Waals surface area contributed by atoms with E-state index in [9.17, 15) is 18.0 Å². The van der Waals surface area contributed by atoms with Crippen molar-refractivity contribution in [2.45, 2.75) is 83.8 Å². The van der Waals surface area contributed by atoms with Crippen molar-refractivity contribution in [3.8, 4) is 5.75 Å². The molecule has 1 fully saturated rings. The molecule has 2 aromatic rings. The van der Waals surface area contributed by atoms with Crippen molar-refractivity contribution in [3.63, 3.8) is 0 Å². The van der Waals surface area contributed by atoms with Gasteiger partial charge in [-0.3, -0.25) is 13.9 Å². The molecule has 1 unspecified atom stereocenters. The van der Waals surface area contributed by atoms with Crippen LogP contribution in [0.4, 0.5) is 5.69 Å². The third-order valence-electron chi connectivity index (χ3n) is 7.19. The highest BCUT2D eigenvalue weighted by atomic mass is 35.5. The van der Waals surface area contributed by atoms with E-state index in [1.807, 2.05) is 26.0 Å². The zero-order valence-electron chi connectivity index (χ0n) is 23.8. The van der Waals surface area contributed by atoms with E-state index in [4.69, 9.17) is 16.3 Å². The minimum atomic E-state index is -3.63. The van der Waals surface area contributed by atoms with Gasteiger partial charge in [0.25, 0.3) is 0 Å². The Morgan fingerprint density at radius 3 is 2.35 bits per heavy atom. The Kier molecular flexibility index (Phi) is 12.1. The molecule has 1 N–H and O–H groups in total. The summed E-state index contributed by atoms with van der Waals surface area (Å²) in [5.41, 5.74) is 1.31. The number of carbonyl (C=O) groups is 2. The van der Waals surface area contributed by atoms with Crippen LogP contribution in [0.25, 0.3) is 0 Å². The lowest BCUT2D eigenvalue weighted by atomic mass is 9.95. The Labute approximate surface area is 244 Å². The van der Waals surface area contributed by atoms with E-state index in [1.54, 1.807) is 41.3 Å². The predicted molar refractivity (Wildman–Crippen MR) is 160 cm³/mol. The molecule has 1 saturated carbocycles. The number of sulfonamides is 1. The fourth-order valence-corrected chi connectivity index (χ4v) is 6.27. The van der Waals surface area contributed by atoms with E-state index in [0.29, 0.717) is 29.5 Å². The van der Waals surface area contributed by atoms with Gasteiger partial charge >= 0.3 is 0 Å². The van der Waals surface area contributed by atoms with Crippen molar-refractivity contribution in [2.75, 3.05) is 23.7 Å². The zero-order chi connectivity index (χ0) is 29.1. The predicted octanol–water partition coefficient (Wildman–Crippen LogP) is 5.54. The molecule has 2 aromatic carbocycles. The molecule has 1 atom stereocenters. The SMILES string of the molecule is CCOc1ccccc1N(CCCC(=O)N(Cc1ccc(Cl)cc1)C(CC)C(=O)NC1CCCCC1)S(C)(=O)=O. The topological polar surface area (TPSA) is 96.0 Å². The molecule has 1 aliphatic carbocycles. The van der Waals surface area contributed by atoms with Gasteiger partial charge < -0.3 is 15.0 Å². The van der Waals surface area contributed by atoms with Gasteiger partial charge in [-0.1, -0.05) is 62.1 Å². The molecular formula is C30H42ClN3O5S. The van der Waals surface area contributed by atoms with Crippen molar-refractivity contribution in [2.24, 2.45) is 0 Å². The van der Waals surface area contributed by atoms with Gasteiger partial charge in [0.15, 0.2) is 0 Å². The highest BCUT2D eigenvalue weighted by Crippen LogP contribution is 2.30. The molecule has 2 amide bonds. The Hall–Kier alpha value is -2.78. The van der Waals surface area contributed by atoms with Crippen molar-refractivity contribution < 1.29 is 22.7 Å². The largest absolute Gasteiger partial charge is 0.492 e. The Balaban J connectivity index is 1.77. The van der Waals surface area contributed by atoms with E-state index in [2.05, 4.69) is 5.32 Å². The summed E-state index contributed by atoms with van der Waals surface area (Å²) < 4.78 is 32.4. The first-order chi connectivity index (χ1) is 19.1. The first-order valence-corrected chi connectivity index (χ1v) is 16.4. The molecule has 220 valence electrons. The average Bonchev–Trinajstić information content (AvgIpc) is 2.92. The van der Waals surface area contributed by atoms with Crippen LogP contribution in [-0.4, -0.2) is 56.6 Å². The molecule has 0 spiro atoms. The quantitative estimate of drug-likeness (QED) is 0.311. The van der Waals surface area contributed by atoms with Gasteiger partial charge in [0.05, 0.1) is 18.6 Å². The molecule has 0 bridgehead atoms. The van der Waals surface area contributed by atoms with Crippen LogP contribution in [0.2, 0.25) is 5.02 Å². The van der Waals surface area contributed by atoms with Gasteiger partial charge in [-0.05, 0) is 62.4 Å². The van der Waals surface area contributed by atoms with Crippen LogP contribution in [0.1, 0.15) is 70.8 Å². The molecule has 0 radical (unpaired) electrons. The van der Waals surface area contributed by atoms with Gasteiger partial charge in [0, 0.05) is 30.6 Å². The summed E-state index contributed by atoms with van der Waals surface area (Å²) in [6, 6.07) is 13.7. The van der Waals surface area contributed by atoms with Gasteiger partial charge in [-0.15, -0.1) is 0 Å². The Morgan fingerprint density at radius 2 is 1.73 bits per heavy atom. The Morgan fingerprint density at radius 1 is 1.05 bits per heavy atom. The number of rotatable bonds is 14. The highest BCUT2D eigenvalue weighted by Gasteiger charge is 2.30. The molecule has 8 nitrogen and oxygen atoms in total. The lowest BCUT2D eigenvalue weighted by Gasteiger charge is -2.33. The molecule has 40 heavy (non-hydrogen) atoms. The maximum atomic E-state index is 13.7. The monoisotopic (exact) mass is 591 g/mol. The summed E-state index contributed by atoms with van der Waals surface area (Å²) in [6.45, 7) is 4.51. The maximum Gasteiger partial charge on any atom is 0.243 e. The first-order valence-electron chi connectivity index (χ1n) is 14.2. The second-order valence-electron chi connectivity index (χ2n) is 10.3. The molecule has 1 aliphatic rings. The molecular weight excluding hydrogens is 550 g/mol. The fourth-order valence-electron chi connectivity index (χ4n) is 5.17. The number of nitrogens with zero attached hydrogens (tertiary/aromatic N) is 2. The van der Waals surface area contributed by atoms with Crippen LogP contribution < -0.4 is 14.4 Å². The number of carbonyl (C=O) groups excluding carboxylic acids is 2. The lowest BCUT2D eigenvalue weighted by Crippen LogP contribution is -2.51. The molecule has 0 aromatic heterocycles. The smallest absolute Gasteiger partial charge is 0.243 e. The number of hydrogen-bond donors (Lipinski definition) is 1. The number of amides is 2. The van der Waals surface area contributed by atoms with Crippen LogP contribution in [0.3, 0.4) is 0 Å². The van der Waals surface area contributed by atoms with E-state index in [1.165, 1.54) is 10.7 Å². The van der Waals surface area contributed by atoms with Gasteiger partial charge in [0.1, 0.15) is 11.8 Å². The third kappa shape index (κ3) is 9.13. The number of benzene rings is 2. The van der Waals surface area contributed by atoms with Crippen LogP contribution >= 0.6 is 11.6 Å². The molecule has 0 saturated heterocycles. The highest BCUT2D eigenvalue weighted by molar-refractivity contribution is 7.92. The summed E-state index contributed by atoms with van der Waals surface area (Å²) in [4.78, 5) is 28.7. The van der Waals surface area contributed by atoms with Gasteiger partial charge in [-0.25, -0.2) is 8.42 Å². The minimum Gasteiger partial charge on any atom is -0.492 e. The van der Waals surface area contributed by atoms with E-state index < -0.39 is 16.1 Å². The fraction of sp³-hybridized carbons (Fsp3) is 0.533. The molecule has 10 heteroatoms. The van der Waals surface area contributed by atoms with Crippen molar-refractivity contribution in [1.29, 1.82) is 0 Å².